The summed E-state index contributed by atoms with van der Waals surface area (Å²) in [6.45, 7) is 3.75. The van der Waals surface area contributed by atoms with Crippen LogP contribution in [-0.2, 0) is 34.6 Å². The summed E-state index contributed by atoms with van der Waals surface area (Å²) < 4.78 is 28.4. The highest BCUT2D eigenvalue weighted by Crippen LogP contribution is 2.22. The topological polar surface area (TPSA) is 107 Å². The summed E-state index contributed by atoms with van der Waals surface area (Å²) in [7, 11) is 4.16. The molecule has 0 aromatic heterocycles. The highest BCUT2D eigenvalue weighted by Gasteiger charge is 2.33. The lowest BCUT2D eigenvalue weighted by molar-refractivity contribution is -0.141. The fraction of sp³-hybridized carbons (Fsp3) is 0.750. The van der Waals surface area contributed by atoms with E-state index in [1.807, 2.05) is 0 Å². The van der Waals surface area contributed by atoms with E-state index in [-0.39, 0.29) is 18.3 Å². The summed E-state index contributed by atoms with van der Waals surface area (Å²) in [6, 6.07) is 0. The molecule has 1 saturated heterocycles. The number of hydrogen-bond acceptors (Lipinski definition) is 8. The molecule has 0 bridgehead atoms. The molecule has 1 aliphatic heterocycles. The second kappa shape index (κ2) is 8.76. The number of amides is 2. The maximum Gasteiger partial charge on any atom is 0.449 e. The minimum Gasteiger partial charge on any atom is -0.348 e. The first-order valence-electron chi connectivity index (χ1n) is 6.83. The largest absolute Gasteiger partial charge is 0.449 e. The van der Waals surface area contributed by atoms with Gasteiger partial charge < -0.3 is 14.4 Å². The molecule has 0 radical (unpaired) electrons. The van der Waals surface area contributed by atoms with Crippen LogP contribution in [0.1, 0.15) is 13.8 Å². The van der Waals surface area contributed by atoms with Crippen LogP contribution in [0.2, 0.25) is 0 Å². The van der Waals surface area contributed by atoms with Gasteiger partial charge in [0, 0.05) is 21.1 Å². The average Bonchev–Trinajstić information content (AvgIpc) is 2.87. The zero-order valence-electron chi connectivity index (χ0n) is 14.0. The molecule has 0 aliphatic carbocycles. The Kier molecular flexibility index (Phi) is 7.60. The molecule has 0 aromatic rings. The van der Waals surface area contributed by atoms with Crippen molar-refractivity contribution < 1.29 is 32.3 Å². The molecule has 1 heterocycles. The number of ether oxygens (including phenoxy) is 2. The second-order valence-electron chi connectivity index (χ2n) is 5.42. The number of rotatable bonds is 6. The highest BCUT2D eigenvalue weighted by atomic mass is 32.2. The number of hydrogen-bond donors (Lipinski definition) is 1. The lowest BCUT2D eigenvalue weighted by Crippen LogP contribution is -2.33. The summed E-state index contributed by atoms with van der Waals surface area (Å²) in [5.74, 6) is -1.27. The third-order valence-corrected chi connectivity index (χ3v) is 3.92. The monoisotopic (exact) mass is 383 g/mol. The Hall–Kier alpha value is -1.21. The van der Waals surface area contributed by atoms with Gasteiger partial charge >= 0.3 is 6.09 Å². The molecule has 2 atom stereocenters. The number of nitrogens with zero attached hydrogens (tertiary/aromatic N) is 3. The maximum atomic E-state index is 11.9. The lowest BCUT2D eigenvalue weighted by atomic mass is 10.4. The Bertz CT molecular complexity index is 539. The van der Waals surface area contributed by atoms with E-state index in [4.69, 9.17) is 13.7 Å². The lowest BCUT2D eigenvalue weighted by Gasteiger charge is -2.17. The van der Waals surface area contributed by atoms with Crippen molar-refractivity contribution in [1.82, 2.24) is 9.21 Å². The molecule has 1 aliphatic rings. The van der Waals surface area contributed by atoms with Crippen LogP contribution in [0, 0.1) is 0 Å². The normalized spacial score (nSPS) is 21.2. The standard InChI is InChI=1S/C12H21N3O7S2/c1-12(2)19-6-8(21-12)7-20-24(18)15(5)11(17)22-13-9(23)10(16)14(3)4/h8H,6-7H2,1-5H3,(H,13,23). The van der Waals surface area contributed by atoms with E-state index in [9.17, 15) is 13.8 Å². The van der Waals surface area contributed by atoms with Crippen molar-refractivity contribution >= 4 is 40.9 Å². The molecule has 0 spiro atoms. The molecule has 24 heavy (non-hydrogen) atoms. The molecule has 1 rings (SSSR count). The van der Waals surface area contributed by atoms with Crippen molar-refractivity contribution in [2.24, 2.45) is 5.16 Å². The van der Waals surface area contributed by atoms with E-state index in [0.29, 0.717) is 4.31 Å². The molecule has 2 unspecified atom stereocenters. The number of carbonyl (C=O) groups excluding carboxylic acids is 2. The van der Waals surface area contributed by atoms with Crippen LogP contribution in [0.25, 0.3) is 0 Å². The van der Waals surface area contributed by atoms with Crippen molar-refractivity contribution in [2.45, 2.75) is 25.7 Å². The van der Waals surface area contributed by atoms with Gasteiger partial charge in [0.2, 0.25) is 0 Å². The third-order valence-electron chi connectivity index (χ3n) is 2.71. The summed E-state index contributed by atoms with van der Waals surface area (Å²) in [4.78, 5) is 28.8. The van der Waals surface area contributed by atoms with E-state index in [2.05, 4.69) is 22.6 Å². The molecule has 0 aromatic carbocycles. The van der Waals surface area contributed by atoms with E-state index >= 15 is 0 Å². The number of oxime groups is 1. The van der Waals surface area contributed by atoms with Gasteiger partial charge in [-0.1, -0.05) is 5.16 Å². The van der Waals surface area contributed by atoms with Crippen LogP contribution in [0.5, 0.6) is 0 Å². The molecule has 10 nitrogen and oxygen atoms in total. The zero-order valence-corrected chi connectivity index (χ0v) is 15.8. The van der Waals surface area contributed by atoms with Gasteiger partial charge in [-0.3, -0.25) is 13.8 Å². The van der Waals surface area contributed by atoms with Crippen molar-refractivity contribution in [1.29, 1.82) is 0 Å². The third kappa shape index (κ3) is 6.36. The van der Waals surface area contributed by atoms with E-state index in [1.54, 1.807) is 13.8 Å². The minimum atomic E-state index is -2.12. The van der Waals surface area contributed by atoms with Crippen molar-refractivity contribution in [3.05, 3.63) is 0 Å². The predicted octanol–water partition coefficient (Wildman–Crippen LogP) is 0.133. The van der Waals surface area contributed by atoms with Crippen molar-refractivity contribution in [3.63, 3.8) is 0 Å². The smallest absolute Gasteiger partial charge is 0.348 e. The predicted molar refractivity (Wildman–Crippen MR) is 88.4 cm³/mol. The van der Waals surface area contributed by atoms with Gasteiger partial charge in [0.15, 0.2) is 10.8 Å². The van der Waals surface area contributed by atoms with Crippen LogP contribution in [0.3, 0.4) is 0 Å². The average molecular weight is 383 g/mol. The molecule has 138 valence electrons. The first-order valence-corrected chi connectivity index (χ1v) is 8.31. The van der Waals surface area contributed by atoms with Gasteiger partial charge in [-0.05, 0) is 13.8 Å². The first kappa shape index (κ1) is 20.8. The van der Waals surface area contributed by atoms with E-state index in [1.165, 1.54) is 26.0 Å². The minimum absolute atomic E-state index is 0.0339. The fourth-order valence-corrected chi connectivity index (χ4v) is 2.32. The van der Waals surface area contributed by atoms with Crippen LogP contribution < -0.4 is 0 Å². The van der Waals surface area contributed by atoms with E-state index in [0.717, 1.165) is 0 Å². The second-order valence-corrected chi connectivity index (χ2v) is 7.06. The summed E-state index contributed by atoms with van der Waals surface area (Å²) in [5, 5.41) is 2.94. The van der Waals surface area contributed by atoms with Gasteiger partial charge in [-0.15, -0.1) is 12.6 Å². The summed E-state index contributed by atoms with van der Waals surface area (Å²) >= 11 is 1.69. The summed E-state index contributed by atoms with van der Waals surface area (Å²) in [6.07, 6.45) is -1.47. The Morgan fingerprint density at radius 2 is 2.00 bits per heavy atom. The first-order chi connectivity index (χ1) is 11.0. The van der Waals surface area contributed by atoms with Crippen LogP contribution in [-0.4, -0.2) is 76.7 Å². The molecule has 2 amide bonds. The summed E-state index contributed by atoms with van der Waals surface area (Å²) in [5.41, 5.74) is 0. The fourth-order valence-electron chi connectivity index (χ4n) is 1.50. The molecule has 12 heteroatoms. The van der Waals surface area contributed by atoms with E-state index < -0.39 is 35.2 Å². The quantitative estimate of drug-likeness (QED) is 0.228. The molecule has 0 saturated carbocycles. The molecular weight excluding hydrogens is 362 g/mol. The van der Waals surface area contributed by atoms with Crippen LogP contribution in [0.15, 0.2) is 5.16 Å². The Morgan fingerprint density at radius 1 is 1.38 bits per heavy atom. The van der Waals surface area contributed by atoms with Gasteiger partial charge in [0.25, 0.3) is 17.2 Å². The zero-order chi connectivity index (χ0) is 18.5. The molecule has 1 fully saturated rings. The SMILES string of the molecule is CN(C)C(=O)C(S)=NOC(=O)N(C)S(=O)OCC1COC(C)(C)O1. The highest BCUT2D eigenvalue weighted by molar-refractivity contribution is 7.99. The van der Waals surface area contributed by atoms with Crippen LogP contribution >= 0.6 is 12.6 Å². The van der Waals surface area contributed by atoms with Gasteiger partial charge in [0.05, 0.1) is 13.2 Å². The van der Waals surface area contributed by atoms with Gasteiger partial charge in [-0.2, -0.15) is 0 Å². The Labute approximate surface area is 148 Å². The maximum absolute atomic E-state index is 11.9. The Morgan fingerprint density at radius 3 is 2.50 bits per heavy atom. The van der Waals surface area contributed by atoms with Gasteiger partial charge in [0.1, 0.15) is 6.10 Å². The van der Waals surface area contributed by atoms with Crippen molar-refractivity contribution in [2.75, 3.05) is 34.4 Å². The van der Waals surface area contributed by atoms with Crippen LogP contribution in [0.4, 0.5) is 4.79 Å². The molecule has 0 N–H and O–H groups in total. The molecular formula is C12H21N3O7S2. The number of thiol groups is 1. The Balaban J connectivity index is 2.43. The van der Waals surface area contributed by atoms with Crippen molar-refractivity contribution in [3.8, 4) is 0 Å². The number of carbonyl (C=O) groups is 2. The van der Waals surface area contributed by atoms with Gasteiger partial charge in [-0.25, -0.2) is 13.3 Å².